The number of fused-ring (bicyclic) bond motifs is 1. The van der Waals surface area contributed by atoms with Crippen molar-refractivity contribution < 1.29 is 32.0 Å². The minimum Gasteiger partial charge on any atom is -0.457 e. The van der Waals surface area contributed by atoms with Gasteiger partial charge >= 0.3 is 7.25 Å². The van der Waals surface area contributed by atoms with Crippen molar-refractivity contribution in [2.24, 2.45) is 4.99 Å². The summed E-state index contributed by atoms with van der Waals surface area (Å²) in [6.07, 6.45) is 0. The van der Waals surface area contributed by atoms with E-state index in [1.807, 2.05) is 147 Å². The van der Waals surface area contributed by atoms with Crippen LogP contribution in [0, 0.1) is 6.92 Å². The van der Waals surface area contributed by atoms with E-state index in [1.54, 1.807) is 11.4 Å². The molecule has 0 unspecified atom stereocenters. The second kappa shape index (κ2) is 17.7. The summed E-state index contributed by atoms with van der Waals surface area (Å²) in [5.74, 6) is -1.11. The number of para-hydroxylation sites is 2. The highest BCUT2D eigenvalue weighted by atomic mass is 19.3. The molecule has 1 aromatic heterocycles. The van der Waals surface area contributed by atoms with Crippen molar-refractivity contribution in [1.29, 1.82) is 0 Å². The SMILES string of the molecule is CCOB(OCC(F)(F)CF)n1c(-c2ccc(Oc3ccccc3)cc2)cc(-c2ccc(Oc3ccccc3)cc2)c1/C(C)=C1\N=C(c2ccc(C)cc2)c2ccccc21. The van der Waals surface area contributed by atoms with Gasteiger partial charge in [0.1, 0.15) is 23.0 Å². The summed E-state index contributed by atoms with van der Waals surface area (Å²) in [6.45, 7) is 2.80. The summed E-state index contributed by atoms with van der Waals surface area (Å²) >= 11 is 0. The Bertz CT molecular complexity index is 2630. The third-order valence-corrected chi connectivity index (χ3v) is 10.2. The van der Waals surface area contributed by atoms with Gasteiger partial charge in [-0.05, 0) is 104 Å². The third kappa shape index (κ3) is 8.71. The summed E-state index contributed by atoms with van der Waals surface area (Å²) in [4.78, 5) is 5.30. The van der Waals surface area contributed by atoms with E-state index < -0.39 is 26.5 Å². The molecule has 0 spiro atoms. The molecule has 0 atom stereocenters. The third-order valence-electron chi connectivity index (χ3n) is 10.2. The highest BCUT2D eigenvalue weighted by Gasteiger charge is 2.37. The zero-order valence-corrected chi connectivity index (χ0v) is 33.4. The van der Waals surface area contributed by atoms with Crippen LogP contribution in [0.3, 0.4) is 0 Å². The highest BCUT2D eigenvalue weighted by molar-refractivity contribution is 6.44. The smallest absolute Gasteiger partial charge is 0.457 e. The zero-order chi connectivity index (χ0) is 41.6. The number of aliphatic imine (C=N–C) groups is 1. The Labute approximate surface area is 348 Å². The van der Waals surface area contributed by atoms with E-state index in [4.69, 9.17) is 23.8 Å². The second-order valence-corrected chi connectivity index (χ2v) is 14.4. The van der Waals surface area contributed by atoms with Crippen LogP contribution in [-0.2, 0) is 9.31 Å². The summed E-state index contributed by atoms with van der Waals surface area (Å²) in [7, 11) is -1.39. The molecule has 0 N–H and O–H groups in total. The number of halogens is 3. The number of aryl methyl sites for hydroxylation is 1. The average molecular weight is 803 g/mol. The normalized spacial score (nSPS) is 13.1. The van der Waals surface area contributed by atoms with Crippen LogP contribution in [0.25, 0.3) is 33.7 Å². The molecule has 1 aliphatic rings. The van der Waals surface area contributed by atoms with E-state index in [-0.39, 0.29) is 6.61 Å². The second-order valence-electron chi connectivity index (χ2n) is 14.4. The summed E-state index contributed by atoms with van der Waals surface area (Å²) in [5.41, 5.74) is 9.75. The molecule has 6 nitrogen and oxygen atoms in total. The molecule has 0 amide bonds. The summed E-state index contributed by atoms with van der Waals surface area (Å²) in [6, 6.07) is 52.4. The van der Waals surface area contributed by atoms with Crippen LogP contribution in [0.4, 0.5) is 13.2 Å². The van der Waals surface area contributed by atoms with E-state index in [0.717, 1.165) is 50.2 Å². The molecule has 0 bridgehead atoms. The van der Waals surface area contributed by atoms with E-state index >= 15 is 0 Å². The van der Waals surface area contributed by atoms with Gasteiger partial charge in [-0.2, -0.15) is 0 Å². The lowest BCUT2D eigenvalue weighted by atomic mass is 9.94. The van der Waals surface area contributed by atoms with Crippen LogP contribution in [0.1, 0.15) is 41.8 Å². The van der Waals surface area contributed by atoms with Gasteiger partial charge in [0, 0.05) is 40.2 Å². The summed E-state index contributed by atoms with van der Waals surface area (Å²) in [5, 5.41) is 0. The van der Waals surface area contributed by atoms with Crippen molar-refractivity contribution >= 4 is 24.2 Å². The Morgan fingerprint density at radius 2 is 1.13 bits per heavy atom. The maximum Gasteiger partial charge on any atom is 0.598 e. The number of ether oxygens (including phenoxy) is 2. The number of hydrogen-bond acceptors (Lipinski definition) is 5. The first-order valence-electron chi connectivity index (χ1n) is 19.8. The Morgan fingerprint density at radius 1 is 0.617 bits per heavy atom. The molecule has 0 saturated carbocycles. The van der Waals surface area contributed by atoms with Gasteiger partial charge in [-0.3, -0.25) is 0 Å². The molecule has 10 heteroatoms. The standard InChI is InChI=1S/C50H42BF3N2O4/c1-4-57-51(58-33-50(53,54)32-52)56-46(37-25-29-42(30-26-37)60-40-15-9-6-10-16-40)31-45(36-23-27-41(28-24-36)59-39-13-7-5-8-14-39)49(56)35(3)47-43-17-11-12-18-44(43)48(55-47)38-21-19-34(2)20-22-38/h5-31H,4,32-33H2,1-3H3/b47-35-. The molecule has 300 valence electrons. The fourth-order valence-corrected chi connectivity index (χ4v) is 7.24. The number of benzene rings is 6. The molecular formula is C50H42BF3N2O4. The lowest BCUT2D eigenvalue weighted by Gasteiger charge is -2.23. The van der Waals surface area contributed by atoms with Gasteiger partial charge in [-0.1, -0.05) is 103 Å². The van der Waals surface area contributed by atoms with Gasteiger partial charge < -0.3 is 23.3 Å². The number of hydrogen-bond donors (Lipinski definition) is 0. The van der Waals surface area contributed by atoms with E-state index in [2.05, 4.69) is 30.3 Å². The highest BCUT2D eigenvalue weighted by Crippen LogP contribution is 2.44. The molecule has 0 radical (unpaired) electrons. The average Bonchev–Trinajstić information content (AvgIpc) is 3.87. The van der Waals surface area contributed by atoms with Crippen LogP contribution in [0.2, 0.25) is 0 Å². The predicted molar refractivity (Wildman–Crippen MR) is 234 cm³/mol. The molecule has 6 aromatic carbocycles. The fraction of sp³-hybridized carbons (Fsp3) is 0.140. The van der Waals surface area contributed by atoms with Gasteiger partial charge in [-0.15, -0.1) is 0 Å². The topological polar surface area (TPSA) is 54.2 Å². The maximum absolute atomic E-state index is 14.7. The Balaban J connectivity index is 1.35. The number of rotatable bonds is 15. The Kier molecular flexibility index (Phi) is 11.9. The molecule has 8 rings (SSSR count). The monoisotopic (exact) mass is 802 g/mol. The van der Waals surface area contributed by atoms with Crippen molar-refractivity contribution in [1.82, 2.24) is 4.48 Å². The van der Waals surface area contributed by atoms with E-state index in [1.165, 1.54) is 0 Å². The molecule has 0 fully saturated rings. The minimum absolute atomic E-state index is 0.113. The number of allylic oxidation sites excluding steroid dienone is 1. The summed E-state index contributed by atoms with van der Waals surface area (Å²) < 4.78 is 69.0. The van der Waals surface area contributed by atoms with Crippen LogP contribution in [-0.4, -0.2) is 43.3 Å². The number of nitrogens with zero attached hydrogens (tertiary/aromatic N) is 2. The minimum atomic E-state index is -3.73. The molecular weight excluding hydrogens is 760 g/mol. The van der Waals surface area contributed by atoms with Gasteiger partial charge in [0.05, 0.1) is 18.0 Å². The van der Waals surface area contributed by atoms with Crippen molar-refractivity contribution in [2.45, 2.75) is 26.7 Å². The molecule has 7 aromatic rings. The van der Waals surface area contributed by atoms with Gasteiger partial charge in [-0.25, -0.2) is 18.2 Å². The van der Waals surface area contributed by atoms with Crippen LogP contribution in [0.5, 0.6) is 23.0 Å². The van der Waals surface area contributed by atoms with Crippen molar-refractivity contribution in [2.75, 3.05) is 19.9 Å². The molecule has 0 aliphatic carbocycles. The van der Waals surface area contributed by atoms with Gasteiger partial charge in [0.2, 0.25) is 0 Å². The molecule has 0 saturated heterocycles. The molecule has 2 heterocycles. The first-order valence-corrected chi connectivity index (χ1v) is 19.8. The fourth-order valence-electron chi connectivity index (χ4n) is 7.24. The van der Waals surface area contributed by atoms with Crippen LogP contribution >= 0.6 is 0 Å². The quantitative estimate of drug-likeness (QED) is 0.0969. The molecule has 1 aliphatic heterocycles. The predicted octanol–water partition coefficient (Wildman–Crippen LogP) is 12.9. The lowest BCUT2D eigenvalue weighted by Crippen LogP contribution is -2.39. The van der Waals surface area contributed by atoms with Crippen molar-refractivity contribution in [3.8, 4) is 45.4 Å². The lowest BCUT2D eigenvalue weighted by molar-refractivity contribution is -0.0655. The maximum atomic E-state index is 14.7. The Hall–Kier alpha value is -6.62. The number of alkyl halides is 3. The van der Waals surface area contributed by atoms with Crippen molar-refractivity contribution in [3.05, 3.63) is 192 Å². The first-order chi connectivity index (χ1) is 29.2. The van der Waals surface area contributed by atoms with E-state index in [9.17, 15) is 13.2 Å². The zero-order valence-electron chi connectivity index (χ0n) is 33.4. The van der Waals surface area contributed by atoms with Crippen LogP contribution in [0.15, 0.2) is 169 Å². The van der Waals surface area contributed by atoms with E-state index in [0.29, 0.717) is 40.1 Å². The first kappa shape index (κ1) is 40.2. The van der Waals surface area contributed by atoms with Gasteiger partial charge in [0.15, 0.2) is 6.67 Å². The Morgan fingerprint density at radius 3 is 1.70 bits per heavy atom. The van der Waals surface area contributed by atoms with Crippen molar-refractivity contribution in [3.63, 3.8) is 0 Å². The van der Waals surface area contributed by atoms with Crippen LogP contribution < -0.4 is 9.47 Å². The molecule has 60 heavy (non-hydrogen) atoms. The largest absolute Gasteiger partial charge is 0.598 e. The van der Waals surface area contributed by atoms with Gasteiger partial charge in [0.25, 0.3) is 5.92 Å². The number of aromatic nitrogens is 1.